The van der Waals surface area contributed by atoms with Crippen LogP contribution >= 0.6 is 0 Å². The number of hydrogen-bond donors (Lipinski definition) is 1. The average Bonchev–Trinajstić information content (AvgIpc) is 2.74. The molecular weight excluding hydrogens is 288 g/mol. The minimum Gasteiger partial charge on any atom is -0.326 e. The average molecular weight is 298 g/mol. The molecule has 9 heteroatoms. The van der Waals surface area contributed by atoms with Crippen LogP contribution < -0.4 is 5.73 Å². The second kappa shape index (κ2) is 4.73. The lowest BCUT2D eigenvalue weighted by Crippen LogP contribution is -2.33. The molecule has 0 radical (unpaired) electrons. The molecule has 4 nitrogen and oxygen atoms in total. The normalized spacial score (nSPS) is 21.0. The molecule has 106 valence electrons. The van der Waals surface area contributed by atoms with E-state index in [0.717, 1.165) is 0 Å². The molecule has 1 aliphatic rings. The van der Waals surface area contributed by atoms with E-state index >= 15 is 0 Å². The van der Waals surface area contributed by atoms with E-state index in [0.29, 0.717) is 10.7 Å². The van der Waals surface area contributed by atoms with E-state index in [1.807, 2.05) is 0 Å². The summed E-state index contributed by atoms with van der Waals surface area (Å²) >= 11 is 0. The predicted octanol–water partition coefficient (Wildman–Crippen LogP) is 0.965. The second-order valence-corrected chi connectivity index (χ2v) is 6.08. The maximum atomic E-state index is 13.5. The lowest BCUT2D eigenvalue weighted by Gasteiger charge is -2.17. The lowest BCUT2D eigenvalue weighted by atomic mass is 10.3. The smallest absolute Gasteiger partial charge is 0.249 e. The Kier molecular flexibility index (Phi) is 3.54. The zero-order valence-electron chi connectivity index (χ0n) is 9.54. The number of sulfonamides is 1. The molecule has 0 aromatic heterocycles. The molecule has 1 saturated heterocycles. The van der Waals surface area contributed by atoms with Crippen molar-refractivity contribution in [3.05, 3.63) is 29.3 Å². The largest absolute Gasteiger partial charge is 0.326 e. The van der Waals surface area contributed by atoms with Crippen molar-refractivity contribution < 1.29 is 26.0 Å². The van der Waals surface area contributed by atoms with Crippen LogP contribution in [0.15, 0.2) is 11.0 Å². The first-order valence-corrected chi connectivity index (χ1v) is 6.78. The summed E-state index contributed by atoms with van der Waals surface area (Å²) in [7, 11) is -4.65. The Balaban J connectivity index is 2.58. The van der Waals surface area contributed by atoms with Gasteiger partial charge in [0.15, 0.2) is 28.2 Å². The van der Waals surface area contributed by atoms with Gasteiger partial charge in [-0.25, -0.2) is 26.0 Å². The highest BCUT2D eigenvalue weighted by Gasteiger charge is 2.37. The number of rotatable bonds is 2. The Morgan fingerprint density at radius 3 is 2.11 bits per heavy atom. The Morgan fingerprint density at radius 1 is 1.16 bits per heavy atom. The molecule has 0 aliphatic carbocycles. The zero-order chi connectivity index (χ0) is 14.4. The maximum absolute atomic E-state index is 13.5. The molecule has 1 unspecified atom stereocenters. The van der Waals surface area contributed by atoms with Crippen molar-refractivity contribution in [2.24, 2.45) is 5.73 Å². The quantitative estimate of drug-likeness (QED) is 0.653. The van der Waals surface area contributed by atoms with E-state index in [1.165, 1.54) is 0 Å². The molecule has 0 bridgehead atoms. The second-order valence-electron chi connectivity index (χ2n) is 4.21. The van der Waals surface area contributed by atoms with Gasteiger partial charge in [-0.2, -0.15) is 4.31 Å². The molecule has 0 spiro atoms. The summed E-state index contributed by atoms with van der Waals surface area (Å²) in [6, 6.07) is -0.515. The molecule has 1 atom stereocenters. The predicted molar refractivity (Wildman–Crippen MR) is 57.6 cm³/mol. The number of nitrogens with two attached hydrogens (primary N) is 1. The van der Waals surface area contributed by atoms with Gasteiger partial charge in [-0.1, -0.05) is 0 Å². The number of nitrogens with zero attached hydrogens (tertiary/aromatic N) is 1. The Bertz CT molecular complexity index is 594. The van der Waals surface area contributed by atoms with E-state index in [-0.39, 0.29) is 19.2 Å². The molecule has 0 amide bonds. The van der Waals surface area contributed by atoms with E-state index < -0.39 is 44.2 Å². The summed E-state index contributed by atoms with van der Waals surface area (Å²) < 4.78 is 77.7. The first-order valence-electron chi connectivity index (χ1n) is 5.34. The first kappa shape index (κ1) is 14.2. The topological polar surface area (TPSA) is 63.4 Å². The Labute approximate surface area is 106 Å². The van der Waals surface area contributed by atoms with Crippen LogP contribution in [0.5, 0.6) is 0 Å². The van der Waals surface area contributed by atoms with Crippen molar-refractivity contribution >= 4 is 10.0 Å². The summed E-state index contributed by atoms with van der Waals surface area (Å²) in [6.45, 7) is -0.208. The van der Waals surface area contributed by atoms with Gasteiger partial charge >= 0.3 is 0 Å². The highest BCUT2D eigenvalue weighted by atomic mass is 32.2. The third-order valence-corrected chi connectivity index (χ3v) is 4.74. The van der Waals surface area contributed by atoms with Gasteiger partial charge in [0.2, 0.25) is 10.0 Å². The van der Waals surface area contributed by atoms with Crippen LogP contribution in [0.1, 0.15) is 6.42 Å². The maximum Gasteiger partial charge on any atom is 0.249 e. The monoisotopic (exact) mass is 298 g/mol. The fourth-order valence-corrected chi connectivity index (χ4v) is 3.52. The summed E-state index contributed by atoms with van der Waals surface area (Å²) in [5.74, 6) is -7.39. The van der Waals surface area contributed by atoms with Crippen LogP contribution in [0, 0.1) is 23.3 Å². The molecule has 1 aromatic carbocycles. The van der Waals surface area contributed by atoms with Crippen molar-refractivity contribution in [1.82, 2.24) is 4.31 Å². The zero-order valence-corrected chi connectivity index (χ0v) is 10.4. The first-order chi connectivity index (χ1) is 8.75. The SMILES string of the molecule is NC1CCN(S(=O)(=O)c2c(F)c(F)cc(F)c2F)C1. The molecule has 2 N–H and O–H groups in total. The minimum atomic E-state index is -4.65. The van der Waals surface area contributed by atoms with Crippen LogP contribution in [-0.2, 0) is 10.0 Å². The standard InChI is InChI=1S/C10H10F4N2O2S/c11-6-3-7(12)9(14)10(8(6)13)19(17,18)16-2-1-5(15)4-16/h3,5H,1-2,4,15H2. The minimum absolute atomic E-state index is 0.0423. The summed E-state index contributed by atoms with van der Waals surface area (Å²) in [5.41, 5.74) is 5.49. The van der Waals surface area contributed by atoms with E-state index in [9.17, 15) is 26.0 Å². The fraction of sp³-hybridized carbons (Fsp3) is 0.400. The molecule has 2 rings (SSSR count). The van der Waals surface area contributed by atoms with Crippen molar-refractivity contribution in [1.29, 1.82) is 0 Å². The van der Waals surface area contributed by atoms with Crippen LogP contribution in [-0.4, -0.2) is 31.9 Å². The van der Waals surface area contributed by atoms with Gasteiger partial charge < -0.3 is 5.73 Å². The van der Waals surface area contributed by atoms with Crippen molar-refractivity contribution in [2.75, 3.05) is 13.1 Å². The lowest BCUT2D eigenvalue weighted by molar-refractivity contribution is 0.405. The van der Waals surface area contributed by atoms with E-state index in [2.05, 4.69) is 0 Å². The number of hydrogen-bond acceptors (Lipinski definition) is 3. The number of benzene rings is 1. The number of halogens is 4. The van der Waals surface area contributed by atoms with Crippen LogP contribution in [0.2, 0.25) is 0 Å². The summed E-state index contributed by atoms with van der Waals surface area (Å²) in [4.78, 5) is -1.61. The molecule has 0 saturated carbocycles. The molecule has 1 heterocycles. The third kappa shape index (κ3) is 2.33. The fourth-order valence-electron chi connectivity index (χ4n) is 1.88. The van der Waals surface area contributed by atoms with Crippen LogP contribution in [0.3, 0.4) is 0 Å². The third-order valence-electron chi connectivity index (χ3n) is 2.86. The van der Waals surface area contributed by atoms with Gasteiger partial charge in [-0.15, -0.1) is 0 Å². The summed E-state index contributed by atoms with van der Waals surface area (Å²) in [5, 5.41) is 0. The Morgan fingerprint density at radius 2 is 1.68 bits per heavy atom. The highest BCUT2D eigenvalue weighted by molar-refractivity contribution is 7.89. The van der Waals surface area contributed by atoms with Gasteiger partial charge in [-0.3, -0.25) is 0 Å². The van der Waals surface area contributed by atoms with Gasteiger partial charge in [0.05, 0.1) is 0 Å². The van der Waals surface area contributed by atoms with E-state index in [4.69, 9.17) is 5.73 Å². The van der Waals surface area contributed by atoms with Gasteiger partial charge in [0.1, 0.15) is 0 Å². The molecule has 19 heavy (non-hydrogen) atoms. The van der Waals surface area contributed by atoms with Gasteiger partial charge in [0, 0.05) is 25.2 Å². The highest BCUT2D eigenvalue weighted by Crippen LogP contribution is 2.28. The van der Waals surface area contributed by atoms with Crippen molar-refractivity contribution in [2.45, 2.75) is 17.4 Å². The molecular formula is C10H10F4N2O2S. The molecule has 1 aromatic rings. The van der Waals surface area contributed by atoms with Crippen molar-refractivity contribution in [3.63, 3.8) is 0 Å². The molecule has 1 fully saturated rings. The molecule has 1 aliphatic heterocycles. The van der Waals surface area contributed by atoms with Crippen LogP contribution in [0.25, 0.3) is 0 Å². The van der Waals surface area contributed by atoms with E-state index in [1.54, 1.807) is 0 Å². The van der Waals surface area contributed by atoms with Gasteiger partial charge in [0.25, 0.3) is 0 Å². The summed E-state index contributed by atoms with van der Waals surface area (Å²) in [6.07, 6.45) is 0.306. The Hall–Kier alpha value is -1.19. The van der Waals surface area contributed by atoms with Gasteiger partial charge in [-0.05, 0) is 6.42 Å². The van der Waals surface area contributed by atoms with Crippen LogP contribution in [0.4, 0.5) is 17.6 Å². The van der Waals surface area contributed by atoms with Crippen molar-refractivity contribution in [3.8, 4) is 0 Å².